The lowest BCUT2D eigenvalue weighted by Gasteiger charge is -2.00. The first-order valence-electron chi connectivity index (χ1n) is 7.35. The Kier molecular flexibility index (Phi) is 3.34. The number of nitrogens with one attached hydrogen (secondary N) is 1. The van der Waals surface area contributed by atoms with Gasteiger partial charge in [-0.15, -0.1) is 0 Å². The van der Waals surface area contributed by atoms with Crippen molar-refractivity contribution in [1.82, 2.24) is 30.2 Å². The first-order chi connectivity index (χ1) is 11.3. The molecule has 0 atom stereocenters. The van der Waals surface area contributed by atoms with E-state index >= 15 is 0 Å². The molecule has 1 aliphatic rings. The molecule has 3 heterocycles. The summed E-state index contributed by atoms with van der Waals surface area (Å²) in [6.07, 6.45) is 8.73. The van der Waals surface area contributed by atoms with Crippen LogP contribution in [0.3, 0.4) is 0 Å². The van der Waals surface area contributed by atoms with E-state index in [2.05, 4.69) is 25.5 Å². The van der Waals surface area contributed by atoms with Crippen molar-refractivity contribution in [3.05, 3.63) is 54.2 Å². The molecular formula is C15H14N6O2. The lowest BCUT2D eigenvalue weighted by Crippen LogP contribution is -2.22. The molecule has 1 fully saturated rings. The fourth-order valence-electron chi connectivity index (χ4n) is 2.18. The zero-order valence-electron chi connectivity index (χ0n) is 12.2. The van der Waals surface area contributed by atoms with Crippen molar-refractivity contribution in [2.75, 3.05) is 0 Å². The zero-order chi connectivity index (χ0) is 15.6. The molecule has 0 unspecified atom stereocenters. The van der Waals surface area contributed by atoms with Crippen molar-refractivity contribution in [1.29, 1.82) is 0 Å². The zero-order valence-corrected chi connectivity index (χ0v) is 12.2. The van der Waals surface area contributed by atoms with E-state index in [4.69, 9.17) is 4.52 Å². The smallest absolute Gasteiger partial charge is 0.254 e. The van der Waals surface area contributed by atoms with Crippen LogP contribution in [0.2, 0.25) is 0 Å². The highest BCUT2D eigenvalue weighted by atomic mass is 16.5. The van der Waals surface area contributed by atoms with Gasteiger partial charge in [-0.05, 0) is 25.0 Å². The maximum Gasteiger partial charge on any atom is 0.254 e. The summed E-state index contributed by atoms with van der Waals surface area (Å²) in [6, 6.07) is 3.67. The van der Waals surface area contributed by atoms with Crippen molar-refractivity contribution in [3.63, 3.8) is 0 Å². The van der Waals surface area contributed by atoms with Crippen LogP contribution in [-0.2, 0) is 6.54 Å². The Labute approximate surface area is 131 Å². The Hall–Kier alpha value is -3.03. The second-order valence-electron chi connectivity index (χ2n) is 5.39. The number of amides is 1. The quantitative estimate of drug-likeness (QED) is 0.766. The molecule has 8 nitrogen and oxygen atoms in total. The molecule has 4 rings (SSSR count). The van der Waals surface area contributed by atoms with Crippen LogP contribution < -0.4 is 5.32 Å². The Balaban J connectivity index is 1.39. The predicted octanol–water partition coefficient (Wildman–Crippen LogP) is 1.46. The Morgan fingerprint density at radius 3 is 3.09 bits per heavy atom. The molecule has 116 valence electrons. The third-order valence-electron chi connectivity index (χ3n) is 3.58. The number of hydrogen-bond donors (Lipinski definition) is 1. The van der Waals surface area contributed by atoms with Gasteiger partial charge in [-0.1, -0.05) is 5.16 Å². The summed E-state index contributed by atoms with van der Waals surface area (Å²) >= 11 is 0. The minimum atomic E-state index is -0.244. The van der Waals surface area contributed by atoms with E-state index in [1.807, 2.05) is 12.1 Å². The van der Waals surface area contributed by atoms with E-state index in [9.17, 15) is 4.79 Å². The van der Waals surface area contributed by atoms with Crippen molar-refractivity contribution in [2.24, 2.45) is 0 Å². The van der Waals surface area contributed by atoms with Gasteiger partial charge in [0, 0.05) is 18.3 Å². The van der Waals surface area contributed by atoms with Crippen LogP contribution in [0.1, 0.15) is 40.8 Å². The van der Waals surface area contributed by atoms with E-state index in [0.29, 0.717) is 17.4 Å². The van der Waals surface area contributed by atoms with E-state index in [0.717, 1.165) is 24.4 Å². The van der Waals surface area contributed by atoms with E-state index in [1.54, 1.807) is 23.3 Å². The monoisotopic (exact) mass is 310 g/mol. The van der Waals surface area contributed by atoms with Gasteiger partial charge in [0.25, 0.3) is 5.91 Å². The predicted molar refractivity (Wildman–Crippen MR) is 78.8 cm³/mol. The number of hydrogen-bond acceptors (Lipinski definition) is 6. The summed E-state index contributed by atoms with van der Waals surface area (Å²) in [5, 5.41) is 10.8. The molecule has 1 aliphatic carbocycles. The molecule has 23 heavy (non-hydrogen) atoms. The molecule has 3 aromatic heterocycles. The average Bonchev–Trinajstić information content (AvgIpc) is 3.14. The van der Waals surface area contributed by atoms with Crippen molar-refractivity contribution in [2.45, 2.75) is 25.3 Å². The topological polar surface area (TPSA) is 98.7 Å². The lowest BCUT2D eigenvalue weighted by atomic mass is 10.3. The van der Waals surface area contributed by atoms with Gasteiger partial charge in [0.05, 0.1) is 30.2 Å². The number of carbonyl (C=O) groups is 1. The Morgan fingerprint density at radius 1 is 1.39 bits per heavy atom. The second-order valence-corrected chi connectivity index (χ2v) is 5.39. The van der Waals surface area contributed by atoms with E-state index in [-0.39, 0.29) is 12.5 Å². The van der Waals surface area contributed by atoms with Gasteiger partial charge >= 0.3 is 0 Å². The average molecular weight is 310 g/mol. The van der Waals surface area contributed by atoms with Crippen molar-refractivity contribution < 1.29 is 9.32 Å². The third kappa shape index (κ3) is 2.96. The van der Waals surface area contributed by atoms with Crippen molar-refractivity contribution in [3.8, 4) is 5.69 Å². The highest BCUT2D eigenvalue weighted by Gasteiger charge is 2.28. The molecule has 0 bridgehead atoms. The highest BCUT2D eigenvalue weighted by molar-refractivity contribution is 5.93. The number of pyridine rings is 1. The minimum Gasteiger partial charge on any atom is -0.343 e. The highest BCUT2D eigenvalue weighted by Crippen LogP contribution is 2.38. The van der Waals surface area contributed by atoms with Crippen LogP contribution in [0, 0.1) is 0 Å². The number of nitrogens with zero attached hydrogens (tertiary/aromatic N) is 5. The van der Waals surface area contributed by atoms with Gasteiger partial charge in [0.15, 0.2) is 5.82 Å². The summed E-state index contributed by atoms with van der Waals surface area (Å²) in [4.78, 5) is 20.4. The number of carbonyl (C=O) groups excluding carboxylic acids is 1. The van der Waals surface area contributed by atoms with E-state index < -0.39 is 0 Å². The fourth-order valence-corrected chi connectivity index (χ4v) is 2.18. The summed E-state index contributed by atoms with van der Waals surface area (Å²) in [5.74, 6) is 1.34. The lowest BCUT2D eigenvalue weighted by molar-refractivity contribution is 0.0946. The SMILES string of the molecule is O=C(NCc1nc(C2CC2)no1)c1cnn(-c2cccnc2)c1. The van der Waals surface area contributed by atoms with Gasteiger partial charge in [0.2, 0.25) is 5.89 Å². The Morgan fingerprint density at radius 2 is 2.30 bits per heavy atom. The molecule has 0 aromatic carbocycles. The number of aromatic nitrogens is 5. The molecule has 8 heteroatoms. The molecule has 1 amide bonds. The van der Waals surface area contributed by atoms with Gasteiger partial charge in [-0.25, -0.2) is 4.68 Å². The van der Waals surface area contributed by atoms with Gasteiger partial charge in [-0.2, -0.15) is 10.1 Å². The van der Waals surface area contributed by atoms with Crippen molar-refractivity contribution >= 4 is 5.91 Å². The van der Waals surface area contributed by atoms with Crippen LogP contribution >= 0.6 is 0 Å². The van der Waals surface area contributed by atoms with E-state index in [1.165, 1.54) is 6.20 Å². The fraction of sp³-hybridized carbons (Fsp3) is 0.267. The molecule has 0 saturated heterocycles. The molecule has 1 saturated carbocycles. The summed E-state index contributed by atoms with van der Waals surface area (Å²) < 4.78 is 6.72. The van der Waals surface area contributed by atoms with Gasteiger partial charge < -0.3 is 9.84 Å². The van der Waals surface area contributed by atoms with Crippen LogP contribution in [-0.4, -0.2) is 30.8 Å². The standard InChI is InChI=1S/C15H14N6O2/c22-15(17-8-13-19-14(20-23-13)10-3-4-10)11-6-18-21(9-11)12-2-1-5-16-7-12/h1-2,5-7,9-10H,3-4,8H2,(H,17,22). The summed E-state index contributed by atoms with van der Waals surface area (Å²) in [5.41, 5.74) is 1.24. The molecule has 0 radical (unpaired) electrons. The van der Waals surface area contributed by atoms with Crippen LogP contribution in [0.4, 0.5) is 0 Å². The molecule has 1 N–H and O–H groups in total. The minimum absolute atomic E-state index is 0.205. The molecule has 3 aromatic rings. The van der Waals surface area contributed by atoms with Gasteiger partial charge in [0.1, 0.15) is 0 Å². The maximum atomic E-state index is 12.1. The summed E-state index contributed by atoms with van der Waals surface area (Å²) in [7, 11) is 0. The van der Waals surface area contributed by atoms with Crippen LogP contribution in [0.15, 0.2) is 41.4 Å². The third-order valence-corrected chi connectivity index (χ3v) is 3.58. The van der Waals surface area contributed by atoms with Gasteiger partial charge in [-0.3, -0.25) is 9.78 Å². The molecule has 0 aliphatic heterocycles. The van der Waals surface area contributed by atoms with Crippen LogP contribution in [0.5, 0.6) is 0 Å². The first kappa shape index (κ1) is 13.6. The normalized spacial score (nSPS) is 13.9. The first-order valence-corrected chi connectivity index (χ1v) is 7.35. The molecular weight excluding hydrogens is 296 g/mol. The largest absolute Gasteiger partial charge is 0.343 e. The summed E-state index contributed by atoms with van der Waals surface area (Å²) in [6.45, 7) is 0.205. The maximum absolute atomic E-state index is 12.1. The second kappa shape index (κ2) is 5.64. The van der Waals surface area contributed by atoms with Crippen LogP contribution in [0.25, 0.3) is 5.69 Å². The number of rotatable bonds is 5. The Bertz CT molecular complexity index is 821. The molecule has 0 spiro atoms.